The Morgan fingerprint density at radius 1 is 1.33 bits per heavy atom. The molecule has 3 N–H and O–H groups in total. The van der Waals surface area contributed by atoms with Crippen LogP contribution in [0.1, 0.15) is 30.9 Å². The highest BCUT2D eigenvalue weighted by molar-refractivity contribution is 6.31. The SMILES string of the molecule is NNC(CCCC(F)(F)F)c1ccc(F)cc1Cl. The lowest BCUT2D eigenvalue weighted by atomic mass is 10.0. The molecule has 1 aromatic rings. The Hall–Kier alpha value is -0.850. The topological polar surface area (TPSA) is 38.0 Å². The van der Waals surface area contributed by atoms with Crippen molar-refractivity contribution in [3.63, 3.8) is 0 Å². The lowest BCUT2D eigenvalue weighted by molar-refractivity contribution is -0.135. The molecule has 7 heteroatoms. The summed E-state index contributed by atoms with van der Waals surface area (Å²) < 4.78 is 48.9. The molecule has 0 fully saturated rings. The zero-order valence-corrected chi connectivity index (χ0v) is 10.2. The van der Waals surface area contributed by atoms with Gasteiger partial charge in [0.05, 0.1) is 0 Å². The Bertz CT molecular complexity index is 395. The average molecular weight is 285 g/mol. The molecule has 0 amide bonds. The Morgan fingerprint density at radius 2 is 2.00 bits per heavy atom. The van der Waals surface area contributed by atoms with Gasteiger partial charge in [-0.05, 0) is 30.5 Å². The zero-order valence-electron chi connectivity index (χ0n) is 9.40. The van der Waals surface area contributed by atoms with Gasteiger partial charge >= 0.3 is 6.18 Å². The summed E-state index contributed by atoms with van der Waals surface area (Å²) in [5, 5.41) is 0.143. The van der Waals surface area contributed by atoms with Crippen molar-refractivity contribution < 1.29 is 17.6 Å². The number of hydrogen-bond acceptors (Lipinski definition) is 2. The standard InChI is InChI=1S/C11H13ClF4N2/c12-9-6-7(13)3-4-8(9)10(18-17)2-1-5-11(14,15)16/h3-4,6,10,18H,1-2,5,17H2. The third-order valence-electron chi connectivity index (χ3n) is 2.49. The summed E-state index contributed by atoms with van der Waals surface area (Å²) in [5.41, 5.74) is 2.88. The molecule has 0 saturated carbocycles. The van der Waals surface area contributed by atoms with Gasteiger partial charge in [0.15, 0.2) is 0 Å². The van der Waals surface area contributed by atoms with Gasteiger partial charge in [0, 0.05) is 17.5 Å². The predicted octanol–water partition coefficient (Wildman–Crippen LogP) is 3.72. The summed E-state index contributed by atoms with van der Waals surface area (Å²) in [7, 11) is 0. The third kappa shape index (κ3) is 4.80. The summed E-state index contributed by atoms with van der Waals surface area (Å²) in [6.45, 7) is 0. The van der Waals surface area contributed by atoms with Gasteiger partial charge in [-0.3, -0.25) is 11.3 Å². The van der Waals surface area contributed by atoms with Crippen molar-refractivity contribution in [3.05, 3.63) is 34.6 Å². The maximum Gasteiger partial charge on any atom is 0.389 e. The van der Waals surface area contributed by atoms with Crippen LogP contribution in [0.2, 0.25) is 5.02 Å². The van der Waals surface area contributed by atoms with Crippen LogP contribution in [-0.4, -0.2) is 6.18 Å². The number of hydrazine groups is 1. The van der Waals surface area contributed by atoms with Crippen molar-refractivity contribution in [2.24, 2.45) is 5.84 Å². The number of hydrogen-bond donors (Lipinski definition) is 2. The molecule has 1 rings (SSSR count). The van der Waals surface area contributed by atoms with Crippen molar-refractivity contribution in [2.45, 2.75) is 31.5 Å². The average Bonchev–Trinajstić information content (AvgIpc) is 2.24. The molecular formula is C11H13ClF4N2. The van der Waals surface area contributed by atoms with Crippen molar-refractivity contribution in [3.8, 4) is 0 Å². The number of rotatable bonds is 5. The summed E-state index contributed by atoms with van der Waals surface area (Å²) in [5.74, 6) is 4.77. The van der Waals surface area contributed by atoms with Gasteiger partial charge in [-0.25, -0.2) is 4.39 Å². The first-order valence-corrected chi connectivity index (χ1v) is 5.69. The molecule has 0 aliphatic carbocycles. The van der Waals surface area contributed by atoms with E-state index in [0.29, 0.717) is 5.56 Å². The second-order valence-electron chi connectivity index (χ2n) is 3.89. The molecule has 102 valence electrons. The van der Waals surface area contributed by atoms with Gasteiger partial charge in [-0.15, -0.1) is 0 Å². The fraction of sp³-hybridized carbons (Fsp3) is 0.455. The molecule has 0 spiro atoms. The van der Waals surface area contributed by atoms with Crippen molar-refractivity contribution >= 4 is 11.6 Å². The van der Waals surface area contributed by atoms with Gasteiger partial charge in [0.25, 0.3) is 0 Å². The second-order valence-corrected chi connectivity index (χ2v) is 4.30. The highest BCUT2D eigenvalue weighted by Gasteiger charge is 2.27. The van der Waals surface area contributed by atoms with Crippen molar-refractivity contribution in [1.29, 1.82) is 0 Å². The molecule has 0 heterocycles. The summed E-state index contributed by atoms with van der Waals surface area (Å²) in [6, 6.07) is 3.18. The maximum absolute atomic E-state index is 12.8. The first-order chi connectivity index (χ1) is 8.33. The van der Waals surface area contributed by atoms with E-state index in [-0.39, 0.29) is 17.9 Å². The van der Waals surface area contributed by atoms with Crippen LogP contribution in [0.25, 0.3) is 0 Å². The largest absolute Gasteiger partial charge is 0.389 e. The maximum atomic E-state index is 12.8. The smallest absolute Gasteiger partial charge is 0.271 e. The van der Waals surface area contributed by atoms with E-state index < -0.39 is 24.5 Å². The minimum Gasteiger partial charge on any atom is -0.271 e. The number of nitrogens with one attached hydrogen (secondary N) is 1. The highest BCUT2D eigenvalue weighted by atomic mass is 35.5. The Morgan fingerprint density at radius 3 is 2.50 bits per heavy atom. The Balaban J connectivity index is 2.66. The molecule has 1 unspecified atom stereocenters. The molecule has 2 nitrogen and oxygen atoms in total. The number of nitrogens with two attached hydrogens (primary N) is 1. The van der Waals surface area contributed by atoms with E-state index in [9.17, 15) is 17.6 Å². The Kier molecular flexibility index (Phi) is 5.37. The van der Waals surface area contributed by atoms with Gasteiger partial charge in [0.2, 0.25) is 0 Å². The van der Waals surface area contributed by atoms with Crippen molar-refractivity contribution in [1.82, 2.24) is 5.43 Å². The monoisotopic (exact) mass is 284 g/mol. The van der Waals surface area contributed by atoms with Crippen LogP contribution in [-0.2, 0) is 0 Å². The summed E-state index contributed by atoms with van der Waals surface area (Å²) >= 11 is 5.81. The molecule has 0 aromatic heterocycles. The van der Waals surface area contributed by atoms with E-state index in [1.54, 1.807) is 0 Å². The van der Waals surface area contributed by atoms with E-state index in [4.69, 9.17) is 17.4 Å². The van der Waals surface area contributed by atoms with E-state index >= 15 is 0 Å². The highest BCUT2D eigenvalue weighted by Crippen LogP contribution is 2.29. The lowest BCUT2D eigenvalue weighted by Gasteiger charge is -2.18. The fourth-order valence-corrected chi connectivity index (χ4v) is 1.92. The summed E-state index contributed by atoms with van der Waals surface area (Å²) in [4.78, 5) is 0. The molecular weight excluding hydrogens is 272 g/mol. The minimum absolute atomic E-state index is 0.0773. The van der Waals surface area contributed by atoms with Crippen LogP contribution >= 0.6 is 11.6 Å². The van der Waals surface area contributed by atoms with Gasteiger partial charge in [-0.1, -0.05) is 17.7 Å². The van der Waals surface area contributed by atoms with Crippen LogP contribution < -0.4 is 11.3 Å². The first kappa shape index (κ1) is 15.2. The molecule has 1 atom stereocenters. The van der Waals surface area contributed by atoms with Gasteiger partial charge in [-0.2, -0.15) is 13.2 Å². The summed E-state index contributed by atoms with van der Waals surface area (Å²) in [6.07, 6.45) is -4.98. The van der Waals surface area contributed by atoms with Crippen LogP contribution in [0.15, 0.2) is 18.2 Å². The lowest BCUT2D eigenvalue weighted by Crippen LogP contribution is -2.28. The number of benzene rings is 1. The molecule has 0 saturated heterocycles. The van der Waals surface area contributed by atoms with Crippen LogP contribution in [0, 0.1) is 5.82 Å². The Labute approximate surface area is 107 Å². The molecule has 1 aromatic carbocycles. The predicted molar refractivity (Wildman–Crippen MR) is 61.4 cm³/mol. The van der Waals surface area contributed by atoms with E-state index in [1.807, 2.05) is 0 Å². The molecule has 0 bridgehead atoms. The zero-order chi connectivity index (χ0) is 13.8. The molecule has 0 aliphatic rings. The van der Waals surface area contributed by atoms with Crippen LogP contribution in [0.3, 0.4) is 0 Å². The molecule has 18 heavy (non-hydrogen) atoms. The fourth-order valence-electron chi connectivity index (χ4n) is 1.62. The normalized spacial score (nSPS) is 13.7. The van der Waals surface area contributed by atoms with E-state index in [2.05, 4.69) is 5.43 Å². The van der Waals surface area contributed by atoms with E-state index in [0.717, 1.165) is 6.07 Å². The first-order valence-electron chi connectivity index (χ1n) is 5.31. The number of alkyl halides is 3. The van der Waals surface area contributed by atoms with Gasteiger partial charge < -0.3 is 0 Å². The second kappa shape index (κ2) is 6.36. The van der Waals surface area contributed by atoms with Gasteiger partial charge in [0.1, 0.15) is 5.82 Å². The number of halogens is 5. The van der Waals surface area contributed by atoms with Crippen LogP contribution in [0.4, 0.5) is 17.6 Å². The van der Waals surface area contributed by atoms with E-state index in [1.165, 1.54) is 12.1 Å². The minimum atomic E-state index is -4.19. The molecule has 0 aliphatic heterocycles. The quantitative estimate of drug-likeness (QED) is 0.491. The van der Waals surface area contributed by atoms with Crippen LogP contribution in [0.5, 0.6) is 0 Å². The molecule has 0 radical (unpaired) electrons. The van der Waals surface area contributed by atoms with Crippen molar-refractivity contribution in [2.75, 3.05) is 0 Å². The third-order valence-corrected chi connectivity index (χ3v) is 2.82.